The van der Waals surface area contributed by atoms with Gasteiger partial charge in [-0.15, -0.1) is 0 Å². The van der Waals surface area contributed by atoms with Crippen LogP contribution in [0.25, 0.3) is 0 Å². The molecule has 9 heteroatoms. The monoisotopic (exact) mass is 412 g/mol. The van der Waals surface area contributed by atoms with Crippen molar-refractivity contribution < 1.29 is 29.9 Å². The fourth-order valence-electron chi connectivity index (χ4n) is 2.54. The number of benzene rings is 2. The molecule has 2 aromatic carbocycles. The Kier molecular flexibility index (Phi) is 5.68. The molecule has 1 fully saturated rings. The Morgan fingerprint density at radius 2 is 1.04 bits per heavy atom. The fourth-order valence-corrected chi connectivity index (χ4v) is 4.71. The first-order valence-electron chi connectivity index (χ1n) is 8.25. The van der Waals surface area contributed by atoms with Gasteiger partial charge in [-0.1, -0.05) is 35.4 Å². The van der Waals surface area contributed by atoms with Crippen molar-refractivity contribution in [3.8, 4) is 0 Å². The summed E-state index contributed by atoms with van der Waals surface area (Å²) in [4.78, 5) is -0.0275. The maximum absolute atomic E-state index is 12.4. The maximum Gasteiger partial charge on any atom is 0.297 e. The number of ether oxygens (including phenoxy) is 1. The van der Waals surface area contributed by atoms with E-state index in [0.29, 0.717) is 0 Å². The largest absolute Gasteiger partial charge is 0.376 e. The fraction of sp³-hybridized carbons (Fsp3) is 0.333. The molecule has 0 bridgehead atoms. The summed E-state index contributed by atoms with van der Waals surface area (Å²) in [5.74, 6) is 0. The molecule has 2 aromatic rings. The average Bonchev–Trinajstić information content (AvgIpc) is 3.01. The Morgan fingerprint density at radius 3 is 1.37 bits per heavy atom. The van der Waals surface area contributed by atoms with Gasteiger partial charge in [0.15, 0.2) is 0 Å². The standard InChI is InChI=1S/C18H20O7S2/c1-13-3-7-15(8-4-13)26(19,20)24-17-11-23-12-18(17)25-27(21,22)16-9-5-14(2)6-10-16/h3-10,17-18H,11-12H2,1-2H3/t17-,18+. The van der Waals surface area contributed by atoms with Crippen molar-refractivity contribution in [2.24, 2.45) is 0 Å². The molecule has 27 heavy (non-hydrogen) atoms. The van der Waals surface area contributed by atoms with Crippen molar-refractivity contribution in [2.75, 3.05) is 13.2 Å². The second-order valence-corrected chi connectivity index (χ2v) is 9.49. The van der Waals surface area contributed by atoms with Crippen LogP contribution in [0.15, 0.2) is 58.3 Å². The molecule has 1 aliphatic rings. The van der Waals surface area contributed by atoms with E-state index in [9.17, 15) is 16.8 Å². The zero-order chi connectivity index (χ0) is 19.7. The highest BCUT2D eigenvalue weighted by Gasteiger charge is 2.38. The predicted molar refractivity (Wildman–Crippen MR) is 97.3 cm³/mol. The lowest BCUT2D eigenvalue weighted by atomic mass is 10.2. The van der Waals surface area contributed by atoms with Crippen LogP contribution in [-0.2, 0) is 33.3 Å². The minimum absolute atomic E-state index is 0.0138. The molecule has 0 amide bonds. The Bertz CT molecular complexity index is 911. The van der Waals surface area contributed by atoms with Crippen LogP contribution in [0.5, 0.6) is 0 Å². The molecule has 0 saturated carbocycles. The molecule has 0 aliphatic carbocycles. The molecule has 3 rings (SSSR count). The number of rotatable bonds is 6. The van der Waals surface area contributed by atoms with E-state index < -0.39 is 32.4 Å². The highest BCUT2D eigenvalue weighted by atomic mass is 32.2. The Hall–Kier alpha value is -1.78. The Balaban J connectivity index is 1.75. The van der Waals surface area contributed by atoms with Crippen molar-refractivity contribution >= 4 is 20.2 Å². The van der Waals surface area contributed by atoms with Crippen molar-refractivity contribution in [2.45, 2.75) is 35.8 Å². The van der Waals surface area contributed by atoms with Crippen LogP contribution in [0.3, 0.4) is 0 Å². The van der Waals surface area contributed by atoms with E-state index in [0.717, 1.165) is 11.1 Å². The highest BCUT2D eigenvalue weighted by Crippen LogP contribution is 2.24. The van der Waals surface area contributed by atoms with E-state index in [4.69, 9.17) is 13.1 Å². The van der Waals surface area contributed by atoms with E-state index in [1.165, 1.54) is 24.3 Å². The summed E-state index contributed by atoms with van der Waals surface area (Å²) in [6.07, 6.45) is -2.12. The van der Waals surface area contributed by atoms with E-state index in [-0.39, 0.29) is 23.0 Å². The van der Waals surface area contributed by atoms with Crippen LogP contribution in [0, 0.1) is 13.8 Å². The molecule has 1 heterocycles. The number of hydrogen-bond acceptors (Lipinski definition) is 7. The second-order valence-electron chi connectivity index (χ2n) is 6.34. The molecule has 0 unspecified atom stereocenters. The second kappa shape index (κ2) is 7.69. The summed E-state index contributed by atoms with van der Waals surface area (Å²) in [5.41, 5.74) is 1.81. The Labute approximate surface area is 159 Å². The van der Waals surface area contributed by atoms with Gasteiger partial charge in [-0.05, 0) is 38.1 Å². The van der Waals surface area contributed by atoms with Gasteiger partial charge < -0.3 is 4.74 Å². The summed E-state index contributed by atoms with van der Waals surface area (Å²) in [6.45, 7) is 3.50. The van der Waals surface area contributed by atoms with Gasteiger partial charge in [-0.25, -0.2) is 0 Å². The zero-order valence-electron chi connectivity index (χ0n) is 14.9. The van der Waals surface area contributed by atoms with E-state index in [1.807, 2.05) is 13.8 Å². The van der Waals surface area contributed by atoms with Crippen molar-refractivity contribution in [1.29, 1.82) is 0 Å². The maximum atomic E-state index is 12.4. The van der Waals surface area contributed by atoms with Crippen LogP contribution in [-0.4, -0.2) is 42.3 Å². The van der Waals surface area contributed by atoms with Gasteiger partial charge in [-0.3, -0.25) is 8.37 Å². The van der Waals surface area contributed by atoms with Crippen LogP contribution in [0.4, 0.5) is 0 Å². The predicted octanol–water partition coefficient (Wildman–Crippen LogP) is 2.18. The lowest BCUT2D eigenvalue weighted by molar-refractivity contribution is 0.101. The molecule has 1 aliphatic heterocycles. The molecule has 2 atom stereocenters. The highest BCUT2D eigenvalue weighted by molar-refractivity contribution is 7.87. The normalized spacial score (nSPS) is 20.7. The van der Waals surface area contributed by atoms with Gasteiger partial charge in [0.25, 0.3) is 20.2 Å². The third-order valence-corrected chi connectivity index (χ3v) is 6.80. The molecule has 0 N–H and O–H groups in total. The molecule has 146 valence electrons. The first-order valence-corrected chi connectivity index (χ1v) is 11.1. The topological polar surface area (TPSA) is 96.0 Å². The van der Waals surface area contributed by atoms with Crippen LogP contribution in [0.2, 0.25) is 0 Å². The molecule has 0 spiro atoms. The number of hydrogen-bond donors (Lipinski definition) is 0. The van der Waals surface area contributed by atoms with Gasteiger partial charge in [0.05, 0.1) is 23.0 Å². The smallest absolute Gasteiger partial charge is 0.297 e. The molecular weight excluding hydrogens is 392 g/mol. The minimum Gasteiger partial charge on any atom is -0.376 e. The zero-order valence-corrected chi connectivity index (χ0v) is 16.5. The van der Waals surface area contributed by atoms with E-state index in [1.54, 1.807) is 24.3 Å². The number of aryl methyl sites for hydroxylation is 2. The molecule has 7 nitrogen and oxygen atoms in total. The van der Waals surface area contributed by atoms with Crippen molar-refractivity contribution in [3.63, 3.8) is 0 Å². The Morgan fingerprint density at radius 1 is 0.704 bits per heavy atom. The van der Waals surface area contributed by atoms with Gasteiger partial charge >= 0.3 is 0 Å². The molecule has 1 saturated heterocycles. The van der Waals surface area contributed by atoms with Crippen LogP contribution in [0.1, 0.15) is 11.1 Å². The molecule has 0 radical (unpaired) electrons. The van der Waals surface area contributed by atoms with Gasteiger partial charge in [0.1, 0.15) is 12.2 Å². The average molecular weight is 412 g/mol. The summed E-state index contributed by atoms with van der Waals surface area (Å²) in [7, 11) is -8.15. The lowest BCUT2D eigenvalue weighted by Crippen LogP contribution is -2.34. The van der Waals surface area contributed by atoms with E-state index in [2.05, 4.69) is 0 Å². The minimum atomic E-state index is -4.07. The van der Waals surface area contributed by atoms with Crippen molar-refractivity contribution in [3.05, 3.63) is 59.7 Å². The van der Waals surface area contributed by atoms with Gasteiger partial charge in [-0.2, -0.15) is 16.8 Å². The van der Waals surface area contributed by atoms with Gasteiger partial charge in [0, 0.05) is 0 Å². The summed E-state index contributed by atoms with van der Waals surface area (Å²) in [6, 6.07) is 12.3. The molecule has 0 aromatic heterocycles. The SMILES string of the molecule is Cc1ccc(S(=O)(=O)O[C@H]2COC[C@H]2OS(=O)(=O)c2ccc(C)cc2)cc1. The van der Waals surface area contributed by atoms with Gasteiger partial charge in [0.2, 0.25) is 0 Å². The van der Waals surface area contributed by atoms with E-state index >= 15 is 0 Å². The first-order chi connectivity index (χ1) is 12.7. The summed E-state index contributed by atoms with van der Waals surface area (Å²) < 4.78 is 65.3. The van der Waals surface area contributed by atoms with Crippen LogP contribution >= 0.6 is 0 Å². The quantitative estimate of drug-likeness (QED) is 0.671. The van der Waals surface area contributed by atoms with Crippen molar-refractivity contribution in [1.82, 2.24) is 0 Å². The third kappa shape index (κ3) is 4.74. The first kappa shape index (κ1) is 20.0. The van der Waals surface area contributed by atoms with Crippen LogP contribution < -0.4 is 0 Å². The third-order valence-electron chi connectivity index (χ3n) is 4.10. The lowest BCUT2D eigenvalue weighted by Gasteiger charge is -2.18. The summed E-state index contributed by atoms with van der Waals surface area (Å²) in [5, 5.41) is 0. The molecular formula is C18H20O7S2. The summed E-state index contributed by atoms with van der Waals surface area (Å²) >= 11 is 0.